The standard InChI is InChI=1S/C15H15N3O3S/c1-3-11-17-14-12(15(20)18(11)8(2)13(16)19)9(7-22-14)10-5-4-6-21-10/h4-8H,3H2,1-2H3,(H2,16,19). The molecule has 1 amide bonds. The number of aromatic nitrogens is 2. The van der Waals surface area contributed by atoms with E-state index < -0.39 is 11.9 Å². The quantitative estimate of drug-likeness (QED) is 0.799. The number of primary amides is 1. The van der Waals surface area contributed by atoms with E-state index in [0.29, 0.717) is 33.8 Å². The number of rotatable bonds is 4. The Morgan fingerprint density at radius 2 is 2.32 bits per heavy atom. The SMILES string of the molecule is CCc1nc2scc(-c3ccco3)c2c(=O)n1C(C)C(N)=O. The lowest BCUT2D eigenvalue weighted by molar-refractivity contribution is -0.120. The fourth-order valence-electron chi connectivity index (χ4n) is 2.43. The lowest BCUT2D eigenvalue weighted by Crippen LogP contribution is -2.34. The Bertz CT molecular complexity index is 893. The number of nitrogens with two attached hydrogens (primary N) is 1. The highest BCUT2D eigenvalue weighted by molar-refractivity contribution is 7.17. The van der Waals surface area contributed by atoms with Gasteiger partial charge in [-0.1, -0.05) is 6.92 Å². The number of furan rings is 1. The summed E-state index contributed by atoms with van der Waals surface area (Å²) in [5, 5.41) is 2.31. The van der Waals surface area contributed by atoms with E-state index in [1.54, 1.807) is 25.3 Å². The van der Waals surface area contributed by atoms with Crippen molar-refractivity contribution < 1.29 is 9.21 Å². The molecule has 6 nitrogen and oxygen atoms in total. The predicted octanol–water partition coefficient (Wildman–Crippen LogP) is 2.33. The van der Waals surface area contributed by atoms with Crippen molar-refractivity contribution in [2.75, 3.05) is 0 Å². The van der Waals surface area contributed by atoms with Crippen LogP contribution >= 0.6 is 11.3 Å². The van der Waals surface area contributed by atoms with E-state index in [-0.39, 0.29) is 5.56 Å². The Labute approximate surface area is 130 Å². The van der Waals surface area contributed by atoms with E-state index >= 15 is 0 Å². The van der Waals surface area contributed by atoms with Gasteiger partial charge in [0.2, 0.25) is 5.91 Å². The topological polar surface area (TPSA) is 91.1 Å². The molecular formula is C15H15N3O3S. The Hall–Kier alpha value is -2.41. The molecule has 0 spiro atoms. The number of hydrogen-bond donors (Lipinski definition) is 1. The second-order valence-corrected chi connectivity index (χ2v) is 5.80. The zero-order valence-corrected chi connectivity index (χ0v) is 13.0. The summed E-state index contributed by atoms with van der Waals surface area (Å²) in [6.07, 6.45) is 2.09. The maximum absolute atomic E-state index is 12.9. The highest BCUT2D eigenvalue weighted by atomic mass is 32.1. The molecule has 22 heavy (non-hydrogen) atoms. The molecule has 0 fully saturated rings. The molecule has 0 radical (unpaired) electrons. The first-order valence-electron chi connectivity index (χ1n) is 6.90. The summed E-state index contributed by atoms with van der Waals surface area (Å²) in [5.41, 5.74) is 5.80. The minimum Gasteiger partial charge on any atom is -0.464 e. The zero-order valence-electron chi connectivity index (χ0n) is 12.2. The van der Waals surface area contributed by atoms with Gasteiger partial charge in [-0.2, -0.15) is 0 Å². The molecule has 0 aliphatic rings. The Morgan fingerprint density at radius 1 is 1.55 bits per heavy atom. The van der Waals surface area contributed by atoms with Crippen molar-refractivity contribution in [1.82, 2.24) is 9.55 Å². The molecule has 3 aromatic heterocycles. The zero-order chi connectivity index (χ0) is 15.9. The molecule has 0 aliphatic carbocycles. The van der Waals surface area contributed by atoms with Gasteiger partial charge in [0.15, 0.2) is 0 Å². The molecule has 0 saturated carbocycles. The molecule has 2 N–H and O–H groups in total. The van der Waals surface area contributed by atoms with Crippen molar-refractivity contribution >= 4 is 27.5 Å². The number of thiophene rings is 1. The van der Waals surface area contributed by atoms with E-state index in [4.69, 9.17) is 10.2 Å². The summed E-state index contributed by atoms with van der Waals surface area (Å²) in [7, 11) is 0. The van der Waals surface area contributed by atoms with Crippen LogP contribution in [0.5, 0.6) is 0 Å². The van der Waals surface area contributed by atoms with Gasteiger partial charge in [-0.05, 0) is 19.1 Å². The van der Waals surface area contributed by atoms with Crippen molar-refractivity contribution in [2.24, 2.45) is 5.73 Å². The number of carbonyl (C=O) groups excluding carboxylic acids is 1. The Morgan fingerprint density at radius 3 is 2.91 bits per heavy atom. The maximum Gasteiger partial charge on any atom is 0.263 e. The summed E-state index contributed by atoms with van der Waals surface area (Å²) in [4.78, 5) is 29.6. The molecule has 0 bridgehead atoms. The number of carbonyl (C=O) groups is 1. The highest BCUT2D eigenvalue weighted by Gasteiger charge is 2.22. The van der Waals surface area contributed by atoms with E-state index in [1.807, 2.05) is 12.3 Å². The van der Waals surface area contributed by atoms with Gasteiger partial charge in [-0.25, -0.2) is 4.98 Å². The Kier molecular flexibility index (Phi) is 3.58. The maximum atomic E-state index is 12.9. The molecular weight excluding hydrogens is 302 g/mol. The van der Waals surface area contributed by atoms with Crippen LogP contribution in [0.25, 0.3) is 21.5 Å². The number of nitrogens with zero attached hydrogens (tertiary/aromatic N) is 2. The monoisotopic (exact) mass is 317 g/mol. The molecule has 3 heterocycles. The first-order valence-corrected chi connectivity index (χ1v) is 7.78. The largest absolute Gasteiger partial charge is 0.464 e. The van der Waals surface area contributed by atoms with Crippen molar-refractivity contribution in [3.63, 3.8) is 0 Å². The molecule has 3 rings (SSSR count). The third-order valence-electron chi connectivity index (χ3n) is 3.61. The first-order chi connectivity index (χ1) is 10.5. The molecule has 0 aromatic carbocycles. The van der Waals surface area contributed by atoms with Gasteiger partial charge < -0.3 is 10.2 Å². The van der Waals surface area contributed by atoms with E-state index in [1.165, 1.54) is 15.9 Å². The van der Waals surface area contributed by atoms with Gasteiger partial charge in [-0.15, -0.1) is 11.3 Å². The van der Waals surface area contributed by atoms with Crippen LogP contribution in [0.4, 0.5) is 0 Å². The van der Waals surface area contributed by atoms with Crippen LogP contribution in [0.1, 0.15) is 25.7 Å². The molecule has 3 aromatic rings. The van der Waals surface area contributed by atoms with Crippen LogP contribution in [-0.4, -0.2) is 15.5 Å². The molecule has 114 valence electrons. The van der Waals surface area contributed by atoms with Crippen molar-refractivity contribution in [1.29, 1.82) is 0 Å². The number of aryl methyl sites for hydroxylation is 1. The minimum atomic E-state index is -0.747. The normalized spacial score (nSPS) is 12.6. The lowest BCUT2D eigenvalue weighted by atomic mass is 10.2. The molecule has 0 saturated heterocycles. The average molecular weight is 317 g/mol. The Balaban J connectivity index is 2.36. The molecule has 1 atom stereocenters. The summed E-state index contributed by atoms with van der Waals surface area (Å²) >= 11 is 1.38. The second kappa shape index (κ2) is 5.42. The average Bonchev–Trinajstić information content (AvgIpc) is 3.14. The number of hydrogen-bond acceptors (Lipinski definition) is 5. The molecule has 1 unspecified atom stereocenters. The summed E-state index contributed by atoms with van der Waals surface area (Å²) in [6, 6.07) is 2.80. The van der Waals surface area contributed by atoms with Gasteiger partial charge in [0.1, 0.15) is 22.5 Å². The second-order valence-electron chi connectivity index (χ2n) is 4.94. The van der Waals surface area contributed by atoms with Gasteiger partial charge in [0.05, 0.1) is 11.6 Å². The van der Waals surface area contributed by atoms with Crippen LogP contribution in [-0.2, 0) is 11.2 Å². The van der Waals surface area contributed by atoms with Crippen LogP contribution in [0.15, 0.2) is 33.0 Å². The predicted molar refractivity (Wildman–Crippen MR) is 84.9 cm³/mol. The third-order valence-corrected chi connectivity index (χ3v) is 4.49. The van der Waals surface area contributed by atoms with E-state index in [9.17, 15) is 9.59 Å². The number of amides is 1. The summed E-state index contributed by atoms with van der Waals surface area (Å²) in [5.74, 6) is 0.594. The van der Waals surface area contributed by atoms with Crippen LogP contribution < -0.4 is 11.3 Å². The first kappa shape index (κ1) is 14.5. The van der Waals surface area contributed by atoms with E-state index in [0.717, 1.165) is 0 Å². The highest BCUT2D eigenvalue weighted by Crippen LogP contribution is 2.31. The van der Waals surface area contributed by atoms with Gasteiger partial charge in [0.25, 0.3) is 5.56 Å². The van der Waals surface area contributed by atoms with Crippen molar-refractivity contribution in [2.45, 2.75) is 26.3 Å². The van der Waals surface area contributed by atoms with Crippen LogP contribution in [0.2, 0.25) is 0 Å². The smallest absolute Gasteiger partial charge is 0.263 e. The van der Waals surface area contributed by atoms with Crippen LogP contribution in [0, 0.1) is 0 Å². The van der Waals surface area contributed by atoms with Gasteiger partial charge in [0, 0.05) is 17.4 Å². The fraction of sp³-hybridized carbons (Fsp3) is 0.267. The summed E-state index contributed by atoms with van der Waals surface area (Å²) in [6.45, 7) is 3.49. The van der Waals surface area contributed by atoms with Crippen molar-refractivity contribution in [3.05, 3.63) is 40.0 Å². The van der Waals surface area contributed by atoms with E-state index in [2.05, 4.69) is 4.98 Å². The third kappa shape index (κ3) is 2.14. The van der Waals surface area contributed by atoms with Crippen molar-refractivity contribution in [3.8, 4) is 11.3 Å². The summed E-state index contributed by atoms with van der Waals surface area (Å²) < 4.78 is 6.76. The van der Waals surface area contributed by atoms with Gasteiger partial charge in [-0.3, -0.25) is 14.2 Å². The molecule has 7 heteroatoms. The molecule has 0 aliphatic heterocycles. The fourth-order valence-corrected chi connectivity index (χ4v) is 3.37. The van der Waals surface area contributed by atoms with Crippen LogP contribution in [0.3, 0.4) is 0 Å². The van der Waals surface area contributed by atoms with Gasteiger partial charge >= 0.3 is 0 Å². The minimum absolute atomic E-state index is 0.263. The lowest BCUT2D eigenvalue weighted by Gasteiger charge is -2.15. The number of fused-ring (bicyclic) bond motifs is 1.